The van der Waals surface area contributed by atoms with Crippen molar-refractivity contribution in [3.63, 3.8) is 0 Å². The summed E-state index contributed by atoms with van der Waals surface area (Å²) in [6.45, 7) is 9.33. The van der Waals surface area contributed by atoms with Crippen molar-refractivity contribution < 1.29 is 4.79 Å². The molecule has 0 bridgehead atoms. The van der Waals surface area contributed by atoms with Crippen LogP contribution in [0.25, 0.3) is 11.4 Å². The van der Waals surface area contributed by atoms with Crippen LogP contribution in [0.4, 0.5) is 5.69 Å². The zero-order valence-corrected chi connectivity index (χ0v) is 18.2. The van der Waals surface area contributed by atoms with Crippen molar-refractivity contribution in [2.45, 2.75) is 51.2 Å². The molecule has 2 heterocycles. The maximum Gasteiger partial charge on any atom is 0.233 e. The van der Waals surface area contributed by atoms with Gasteiger partial charge in [0.1, 0.15) is 0 Å². The maximum atomic E-state index is 12.6. The van der Waals surface area contributed by atoms with E-state index < -0.39 is 0 Å². The molecule has 1 aromatic heterocycles. The summed E-state index contributed by atoms with van der Waals surface area (Å²) in [5.41, 5.74) is 2.25. The lowest BCUT2D eigenvalue weighted by Gasteiger charge is -2.33. The van der Waals surface area contributed by atoms with Gasteiger partial charge in [-0.1, -0.05) is 11.8 Å². The zero-order valence-electron chi connectivity index (χ0n) is 17.4. The first-order valence-corrected chi connectivity index (χ1v) is 11.2. The van der Waals surface area contributed by atoms with Crippen LogP contribution < -0.4 is 4.90 Å². The maximum absolute atomic E-state index is 12.6. The lowest BCUT2D eigenvalue weighted by atomic mass is 10.0. The molecule has 1 atom stereocenters. The van der Waals surface area contributed by atoms with Gasteiger partial charge in [0, 0.05) is 44.0 Å². The normalized spacial score (nSPS) is 17.0. The molecule has 1 aliphatic rings. The Labute approximate surface area is 172 Å². The molecule has 3 rings (SSSR count). The van der Waals surface area contributed by atoms with E-state index in [-0.39, 0.29) is 5.91 Å². The second-order valence-corrected chi connectivity index (χ2v) is 8.25. The topological polar surface area (TPSA) is 54.3 Å². The molecule has 1 saturated heterocycles. The van der Waals surface area contributed by atoms with Crippen LogP contribution in [0.1, 0.15) is 40.0 Å². The number of hydrogen-bond donors (Lipinski definition) is 0. The number of likely N-dealkylation sites (tertiary alicyclic amines) is 1. The average molecular weight is 402 g/mol. The number of aromatic nitrogens is 3. The third-order valence-corrected chi connectivity index (χ3v) is 6.54. The molecule has 0 saturated carbocycles. The Kier molecular flexibility index (Phi) is 6.99. The van der Waals surface area contributed by atoms with Gasteiger partial charge >= 0.3 is 0 Å². The van der Waals surface area contributed by atoms with Crippen LogP contribution in [0, 0.1) is 0 Å². The highest BCUT2D eigenvalue weighted by Gasteiger charge is 2.23. The number of carbonyl (C=O) groups is 1. The Morgan fingerprint density at radius 1 is 1.18 bits per heavy atom. The van der Waals surface area contributed by atoms with Crippen molar-refractivity contribution in [3.8, 4) is 11.4 Å². The molecular weight excluding hydrogens is 370 g/mol. The number of carbonyl (C=O) groups excluding carboxylic acids is 1. The van der Waals surface area contributed by atoms with Gasteiger partial charge in [-0.25, -0.2) is 0 Å². The highest BCUT2D eigenvalue weighted by Crippen LogP contribution is 2.26. The summed E-state index contributed by atoms with van der Waals surface area (Å²) >= 11 is 1.47. The number of benzene rings is 1. The molecule has 0 radical (unpaired) electrons. The molecule has 0 unspecified atom stereocenters. The van der Waals surface area contributed by atoms with Crippen LogP contribution in [0.3, 0.4) is 0 Å². The van der Waals surface area contributed by atoms with Gasteiger partial charge in [-0.3, -0.25) is 4.79 Å². The first kappa shape index (κ1) is 20.7. The molecule has 0 N–H and O–H groups in total. The fourth-order valence-corrected chi connectivity index (χ4v) is 4.58. The van der Waals surface area contributed by atoms with Gasteiger partial charge in [0.25, 0.3) is 0 Å². The number of thioether (sulfide) groups is 1. The Hall–Kier alpha value is -2.02. The lowest BCUT2D eigenvalue weighted by molar-refractivity contribution is -0.131. The molecule has 152 valence electrons. The van der Waals surface area contributed by atoms with Crippen LogP contribution in [-0.4, -0.2) is 57.0 Å². The molecule has 1 aromatic carbocycles. The minimum atomic E-state index is 0.199. The summed E-state index contributed by atoms with van der Waals surface area (Å²) in [7, 11) is 1.96. The fraction of sp³-hybridized carbons (Fsp3) is 0.571. The Morgan fingerprint density at radius 2 is 1.89 bits per heavy atom. The van der Waals surface area contributed by atoms with Crippen LogP contribution in [0.15, 0.2) is 29.4 Å². The summed E-state index contributed by atoms with van der Waals surface area (Å²) in [6.07, 6.45) is 3.43. The second-order valence-electron chi connectivity index (χ2n) is 7.30. The van der Waals surface area contributed by atoms with Crippen molar-refractivity contribution in [3.05, 3.63) is 24.3 Å². The van der Waals surface area contributed by atoms with Gasteiger partial charge in [0.2, 0.25) is 5.91 Å². The largest absolute Gasteiger partial charge is 0.372 e. The van der Waals surface area contributed by atoms with Crippen LogP contribution >= 0.6 is 11.8 Å². The van der Waals surface area contributed by atoms with Gasteiger partial charge in [-0.05, 0) is 64.3 Å². The third-order valence-electron chi connectivity index (χ3n) is 5.54. The smallest absolute Gasteiger partial charge is 0.233 e. The molecule has 6 nitrogen and oxygen atoms in total. The van der Waals surface area contributed by atoms with Crippen LogP contribution in [-0.2, 0) is 11.8 Å². The van der Waals surface area contributed by atoms with Crippen molar-refractivity contribution in [1.82, 2.24) is 19.7 Å². The van der Waals surface area contributed by atoms with E-state index in [1.54, 1.807) is 0 Å². The molecule has 1 amide bonds. The predicted octanol–water partition coefficient (Wildman–Crippen LogP) is 3.82. The summed E-state index contributed by atoms with van der Waals surface area (Å²) in [4.78, 5) is 16.9. The van der Waals surface area contributed by atoms with E-state index in [1.165, 1.54) is 23.9 Å². The van der Waals surface area contributed by atoms with E-state index >= 15 is 0 Å². The monoisotopic (exact) mass is 401 g/mol. The highest BCUT2D eigenvalue weighted by molar-refractivity contribution is 7.99. The van der Waals surface area contributed by atoms with Gasteiger partial charge < -0.3 is 14.4 Å². The third kappa shape index (κ3) is 4.51. The molecule has 1 aliphatic heterocycles. The number of piperidine rings is 1. The Bertz CT molecular complexity index is 785. The second kappa shape index (κ2) is 9.45. The highest BCUT2D eigenvalue weighted by atomic mass is 32.2. The average Bonchev–Trinajstić information content (AvgIpc) is 3.08. The molecule has 1 fully saturated rings. The number of anilines is 1. The quantitative estimate of drug-likeness (QED) is 0.660. The minimum Gasteiger partial charge on any atom is -0.372 e. The predicted molar refractivity (Wildman–Crippen MR) is 116 cm³/mol. The van der Waals surface area contributed by atoms with E-state index in [2.05, 4.69) is 60.1 Å². The molecule has 0 spiro atoms. The number of amides is 1. The van der Waals surface area contributed by atoms with Crippen LogP contribution in [0.5, 0.6) is 0 Å². The summed E-state index contributed by atoms with van der Waals surface area (Å²) in [5.74, 6) is 1.44. The number of rotatable bonds is 7. The SMILES string of the molecule is CCN(CC)c1ccc(-c2nnc(SCC(=O)N3CCCC[C@@H]3C)n2C)cc1. The molecule has 7 heteroatoms. The molecular formula is C21H31N5OS. The number of nitrogens with zero attached hydrogens (tertiary/aromatic N) is 5. The summed E-state index contributed by atoms with van der Waals surface area (Å²) < 4.78 is 1.98. The van der Waals surface area contributed by atoms with Gasteiger partial charge in [0.05, 0.1) is 5.75 Å². The minimum absolute atomic E-state index is 0.199. The van der Waals surface area contributed by atoms with Crippen molar-refractivity contribution in [2.24, 2.45) is 7.05 Å². The zero-order chi connectivity index (χ0) is 20.1. The van der Waals surface area contributed by atoms with E-state index in [4.69, 9.17) is 0 Å². The van der Waals surface area contributed by atoms with Crippen molar-refractivity contribution in [1.29, 1.82) is 0 Å². The Balaban J connectivity index is 1.66. The molecule has 0 aliphatic carbocycles. The first-order chi connectivity index (χ1) is 13.5. The summed E-state index contributed by atoms with van der Waals surface area (Å²) in [5, 5.41) is 9.45. The van der Waals surface area contributed by atoms with Gasteiger partial charge in [-0.15, -0.1) is 10.2 Å². The van der Waals surface area contributed by atoms with Gasteiger partial charge in [0.15, 0.2) is 11.0 Å². The first-order valence-electron chi connectivity index (χ1n) is 10.2. The van der Waals surface area contributed by atoms with Gasteiger partial charge in [-0.2, -0.15) is 0 Å². The standard InChI is InChI=1S/C21H31N5OS/c1-5-25(6-2)18-12-10-17(11-13-18)20-22-23-21(24(20)4)28-15-19(27)26-14-8-7-9-16(26)3/h10-13,16H,5-9,14-15H2,1-4H3/t16-/m0/s1. The van der Waals surface area contributed by atoms with Crippen molar-refractivity contribution >= 4 is 23.4 Å². The van der Waals surface area contributed by atoms with Crippen LogP contribution in [0.2, 0.25) is 0 Å². The van der Waals surface area contributed by atoms with E-state index in [1.807, 2.05) is 16.5 Å². The lowest BCUT2D eigenvalue weighted by Crippen LogP contribution is -2.42. The van der Waals surface area contributed by atoms with Crippen molar-refractivity contribution in [2.75, 3.05) is 30.3 Å². The number of hydrogen-bond acceptors (Lipinski definition) is 5. The molecule has 28 heavy (non-hydrogen) atoms. The summed E-state index contributed by atoms with van der Waals surface area (Å²) in [6, 6.07) is 8.79. The van der Waals surface area contributed by atoms with E-state index in [9.17, 15) is 4.79 Å². The molecule has 2 aromatic rings. The van der Waals surface area contributed by atoms with E-state index in [0.29, 0.717) is 11.8 Å². The van der Waals surface area contributed by atoms with E-state index in [0.717, 1.165) is 49.0 Å². The fourth-order valence-electron chi connectivity index (χ4n) is 3.78. The Morgan fingerprint density at radius 3 is 2.54 bits per heavy atom.